The number of rotatable bonds is 25. The Morgan fingerprint density at radius 2 is 0.848 bits per heavy atom. The molecule has 6 aromatic carbocycles. The predicted molar refractivity (Wildman–Crippen MR) is 332 cm³/mol. The fourth-order valence-corrected chi connectivity index (χ4v) is 10.6. The van der Waals surface area contributed by atoms with Crippen LogP contribution in [0.1, 0.15) is 76.1 Å². The van der Waals surface area contributed by atoms with Gasteiger partial charge in [-0.05, 0) is 127 Å². The van der Waals surface area contributed by atoms with E-state index in [4.69, 9.17) is 14.2 Å². The van der Waals surface area contributed by atoms with Crippen molar-refractivity contribution < 1.29 is 78.6 Å². The molecule has 0 aliphatic rings. The summed E-state index contributed by atoms with van der Waals surface area (Å²) in [5, 5.41) is 37.0. The first-order valence-corrected chi connectivity index (χ1v) is 31.1. The van der Waals surface area contributed by atoms with Gasteiger partial charge in [0, 0.05) is 55.1 Å². The largest absolute Gasteiger partial charge is 0.491 e. The van der Waals surface area contributed by atoms with E-state index < -0.39 is 53.5 Å². The van der Waals surface area contributed by atoms with Crippen LogP contribution in [0.5, 0.6) is 17.2 Å². The number of carbonyl (C=O) groups is 2. The SMILES string of the molecule is Cc1ccccc1CN(CC(O)COc1ccc(C(F)(F)F)cc1)C(=O)c1cscn1.Cc1ccccc1CN(CC(O)COc1ccc(C(F)(F)F)cc1)C(=O)c1nccs1.Cc1ccccc1CN(Cc1cscn1)CC(O)COc1ccc(C(F)(F)F)cc1. The first-order valence-electron chi connectivity index (χ1n) is 28.3. The topological polar surface area (TPSA) is 171 Å². The van der Waals surface area contributed by atoms with Gasteiger partial charge in [-0.2, -0.15) is 39.5 Å². The van der Waals surface area contributed by atoms with Gasteiger partial charge in [-0.1, -0.05) is 72.8 Å². The monoisotopic (exact) mass is 1340 g/mol. The van der Waals surface area contributed by atoms with E-state index in [-0.39, 0.29) is 80.8 Å². The summed E-state index contributed by atoms with van der Waals surface area (Å²) in [6.45, 7) is 7.61. The fraction of sp³-hybridized carbons (Fsp3) is 0.288. The van der Waals surface area contributed by atoms with E-state index in [1.54, 1.807) is 21.8 Å². The number of ether oxygens (including phenoxy) is 3. The van der Waals surface area contributed by atoms with E-state index in [1.807, 2.05) is 92.9 Å². The molecule has 9 aromatic rings. The molecule has 0 saturated heterocycles. The quantitative estimate of drug-likeness (QED) is 0.0463. The Kier molecular flexibility index (Phi) is 26.2. The number of amides is 2. The molecular formula is C66H65F9N6O8S3. The molecule has 9 rings (SSSR count). The molecule has 3 aromatic heterocycles. The lowest BCUT2D eigenvalue weighted by Crippen LogP contribution is -2.39. The molecule has 0 fully saturated rings. The minimum atomic E-state index is -4.43. The normalized spacial score (nSPS) is 12.6. The van der Waals surface area contributed by atoms with Crippen molar-refractivity contribution in [3.05, 3.63) is 245 Å². The predicted octanol–water partition coefficient (Wildman–Crippen LogP) is 14.0. The van der Waals surface area contributed by atoms with Crippen LogP contribution < -0.4 is 14.2 Å². The third-order valence-electron chi connectivity index (χ3n) is 13.8. The first kappa shape index (κ1) is 71.2. The van der Waals surface area contributed by atoms with Gasteiger partial charge in [-0.3, -0.25) is 14.5 Å². The molecule has 2 amide bonds. The average molecular weight is 1340 g/mol. The van der Waals surface area contributed by atoms with Crippen molar-refractivity contribution in [3.8, 4) is 17.2 Å². The number of carbonyl (C=O) groups excluding carboxylic acids is 2. The Bertz CT molecular complexity index is 3500. The van der Waals surface area contributed by atoms with Crippen LogP contribution in [0.25, 0.3) is 0 Å². The van der Waals surface area contributed by atoms with E-state index in [9.17, 15) is 64.4 Å². The van der Waals surface area contributed by atoms with Crippen LogP contribution >= 0.6 is 34.0 Å². The molecule has 3 atom stereocenters. The van der Waals surface area contributed by atoms with Gasteiger partial charge in [0.05, 0.1) is 46.5 Å². The summed E-state index contributed by atoms with van der Waals surface area (Å²) < 4.78 is 130. The Morgan fingerprint density at radius 1 is 0.467 bits per heavy atom. The summed E-state index contributed by atoms with van der Waals surface area (Å²) in [5.74, 6) is 0.0454. The number of aryl methyl sites for hydroxylation is 3. The number of hydrogen-bond acceptors (Lipinski definition) is 15. The second kappa shape index (κ2) is 33.9. The number of thiazole rings is 3. The molecule has 0 aliphatic carbocycles. The third kappa shape index (κ3) is 22.9. The molecule has 0 saturated carbocycles. The van der Waals surface area contributed by atoms with Crippen molar-refractivity contribution in [2.45, 2.75) is 83.8 Å². The van der Waals surface area contributed by atoms with Crippen molar-refractivity contribution in [3.63, 3.8) is 0 Å². The van der Waals surface area contributed by atoms with Gasteiger partial charge in [0.15, 0.2) is 5.01 Å². The van der Waals surface area contributed by atoms with Crippen LogP contribution in [0, 0.1) is 20.8 Å². The summed E-state index contributed by atoms with van der Waals surface area (Å²) in [4.78, 5) is 43.2. The van der Waals surface area contributed by atoms with Crippen LogP contribution in [-0.4, -0.2) is 115 Å². The first-order chi connectivity index (χ1) is 43.8. The highest BCUT2D eigenvalue weighted by atomic mass is 32.1. The van der Waals surface area contributed by atoms with Gasteiger partial charge < -0.3 is 39.3 Å². The van der Waals surface area contributed by atoms with E-state index in [0.29, 0.717) is 24.6 Å². The van der Waals surface area contributed by atoms with Crippen molar-refractivity contribution in [2.24, 2.45) is 0 Å². The fourth-order valence-electron chi connectivity index (χ4n) is 8.89. The molecule has 92 heavy (non-hydrogen) atoms. The number of alkyl halides is 9. The lowest BCUT2D eigenvalue weighted by molar-refractivity contribution is -0.138. The Morgan fingerprint density at radius 3 is 1.21 bits per heavy atom. The van der Waals surface area contributed by atoms with Gasteiger partial charge in [0.2, 0.25) is 0 Å². The Balaban J connectivity index is 0.000000196. The number of benzene rings is 6. The van der Waals surface area contributed by atoms with E-state index in [2.05, 4.69) is 25.9 Å². The minimum absolute atomic E-state index is 0.0205. The lowest BCUT2D eigenvalue weighted by atomic mass is 10.1. The maximum Gasteiger partial charge on any atom is 0.416 e. The summed E-state index contributed by atoms with van der Waals surface area (Å²) in [7, 11) is 0. The zero-order valence-corrected chi connectivity index (χ0v) is 52.3. The molecule has 14 nitrogen and oxygen atoms in total. The summed E-state index contributed by atoms with van der Waals surface area (Å²) in [5.41, 5.74) is 8.45. The van der Waals surface area contributed by atoms with Crippen molar-refractivity contribution in [2.75, 3.05) is 39.5 Å². The Labute approximate surface area is 537 Å². The summed E-state index contributed by atoms with van der Waals surface area (Å²) >= 11 is 4.02. The number of hydrogen-bond donors (Lipinski definition) is 3. The van der Waals surface area contributed by atoms with Crippen LogP contribution in [0.3, 0.4) is 0 Å². The highest BCUT2D eigenvalue weighted by Crippen LogP contribution is 2.33. The van der Waals surface area contributed by atoms with Gasteiger partial charge in [-0.25, -0.2) is 15.0 Å². The van der Waals surface area contributed by atoms with E-state index in [0.717, 1.165) is 75.5 Å². The second-order valence-corrected chi connectivity index (χ2v) is 23.3. The second-order valence-electron chi connectivity index (χ2n) is 21.0. The van der Waals surface area contributed by atoms with Crippen LogP contribution in [0.2, 0.25) is 0 Å². The molecular weight excluding hydrogens is 1270 g/mol. The number of aliphatic hydroxyl groups excluding tert-OH is 3. The molecule has 3 unspecified atom stereocenters. The summed E-state index contributed by atoms with van der Waals surface area (Å²) in [6, 6.07) is 36.2. The van der Waals surface area contributed by atoms with Gasteiger partial charge in [-0.15, -0.1) is 34.0 Å². The van der Waals surface area contributed by atoms with E-state index in [1.165, 1.54) is 86.4 Å². The number of halogens is 9. The zero-order valence-electron chi connectivity index (χ0n) is 49.8. The number of aromatic nitrogens is 3. The van der Waals surface area contributed by atoms with Crippen LogP contribution in [0.15, 0.2) is 179 Å². The lowest BCUT2D eigenvalue weighted by Gasteiger charge is -2.25. The smallest absolute Gasteiger partial charge is 0.416 e. The maximum atomic E-state index is 12.9. The molecule has 0 radical (unpaired) electrons. The molecule has 488 valence electrons. The van der Waals surface area contributed by atoms with Crippen molar-refractivity contribution in [1.82, 2.24) is 29.7 Å². The van der Waals surface area contributed by atoms with Gasteiger partial charge in [0.1, 0.15) is 61.1 Å². The van der Waals surface area contributed by atoms with Crippen molar-refractivity contribution >= 4 is 45.8 Å². The number of aliphatic hydroxyl groups is 3. The zero-order chi connectivity index (χ0) is 66.4. The molecule has 26 heteroatoms. The molecule has 3 N–H and O–H groups in total. The third-order valence-corrected chi connectivity index (χ3v) is 15.8. The molecule has 0 spiro atoms. The maximum absolute atomic E-state index is 12.9. The van der Waals surface area contributed by atoms with Crippen LogP contribution in [-0.2, 0) is 44.7 Å². The van der Waals surface area contributed by atoms with Gasteiger partial charge in [0.25, 0.3) is 11.8 Å². The highest BCUT2D eigenvalue weighted by molar-refractivity contribution is 7.11. The standard InChI is InChI=1S/2C22H21F3N2O3S.C22H23F3N2O2S/c1-15-4-2-3-5-16(15)10-27(21(29)20-13-31-14-26-20)11-18(28)12-30-19-8-6-17(7-9-19)22(23,24)25;1-15-4-2-3-5-16(15)12-27(21(29)20-26-10-11-31-20)13-18(28)14-30-19-8-6-17(7-9-19)22(23,24)25;1-16-4-2-3-5-17(16)10-27(11-19-14-30-15-26-19)12-20(28)13-29-21-8-6-18(7-9-21)22(23,24)25/h2-9,13-14,18,28H,10-12H2,1H3;2-11,18,28H,12-14H2,1H3;2-9,14-15,20,28H,10-13H2,1H3. The molecule has 0 bridgehead atoms. The molecule has 0 aliphatic heterocycles. The van der Waals surface area contributed by atoms with E-state index >= 15 is 0 Å². The highest BCUT2D eigenvalue weighted by Gasteiger charge is 2.32. The minimum Gasteiger partial charge on any atom is -0.491 e. The van der Waals surface area contributed by atoms with Gasteiger partial charge >= 0.3 is 18.5 Å². The summed E-state index contributed by atoms with van der Waals surface area (Å²) in [6.07, 6.45) is -14.6. The number of nitrogens with zero attached hydrogens (tertiary/aromatic N) is 6. The van der Waals surface area contributed by atoms with Crippen LogP contribution in [0.4, 0.5) is 39.5 Å². The molecule has 3 heterocycles. The average Bonchev–Trinajstić information content (AvgIpc) is 1.68. The Hall–Kier alpha value is -8.24. The van der Waals surface area contributed by atoms with Crippen molar-refractivity contribution in [1.29, 1.82) is 0 Å².